The molecule has 8 heteroatoms. The smallest absolute Gasteiger partial charge is 0.492 e. The Morgan fingerprint density at radius 3 is 2.43 bits per heavy atom. The van der Waals surface area contributed by atoms with Crippen molar-refractivity contribution in [3.05, 3.63) is 41.3 Å². The molecule has 0 aliphatic heterocycles. The first-order valence-electron chi connectivity index (χ1n) is 5.97. The van der Waals surface area contributed by atoms with E-state index in [1.54, 1.807) is 51.1 Å². The van der Waals surface area contributed by atoms with Crippen molar-refractivity contribution >= 4 is 27.2 Å². The average molecular weight is 318 g/mol. The van der Waals surface area contributed by atoms with Gasteiger partial charge in [-0.1, -0.05) is 18.2 Å². The minimum absolute atomic E-state index is 0. The van der Waals surface area contributed by atoms with Crippen LogP contribution in [0.1, 0.15) is 20.8 Å². The van der Waals surface area contributed by atoms with Gasteiger partial charge in [-0.25, -0.2) is 8.42 Å². The summed E-state index contributed by atoms with van der Waals surface area (Å²) in [4.78, 5) is 11.5. The van der Waals surface area contributed by atoms with Gasteiger partial charge in [0.05, 0.1) is 5.52 Å². The first-order valence-corrected chi connectivity index (χ1v) is 7.36. The zero-order valence-corrected chi connectivity index (χ0v) is 15.2. The van der Waals surface area contributed by atoms with Crippen LogP contribution in [0, 0.1) is 0 Å². The number of ether oxygens (including phenoxy) is 1. The van der Waals surface area contributed by atoms with E-state index in [0.717, 1.165) is 9.36 Å². The number of carbonyl (C=O) groups excluding carboxylic acids is 1. The minimum atomic E-state index is -4.15. The second-order valence-electron chi connectivity index (χ2n) is 5.22. The quantitative estimate of drug-likeness (QED) is 0.733. The number of amides is 1. The topological polar surface area (TPSA) is 79.5 Å². The van der Waals surface area contributed by atoms with Gasteiger partial charge in [-0.15, -0.1) is 0 Å². The molecule has 0 unspecified atom stereocenters. The predicted octanol–water partition coefficient (Wildman–Crippen LogP) is 0.0470. The van der Waals surface area contributed by atoms with Gasteiger partial charge >= 0.3 is 29.6 Å². The third-order valence-electron chi connectivity index (χ3n) is 2.40. The Balaban J connectivity index is 0.00000220. The van der Waals surface area contributed by atoms with Gasteiger partial charge in [0.2, 0.25) is 6.09 Å². The van der Waals surface area contributed by atoms with Crippen LogP contribution in [0.2, 0.25) is 0 Å². The normalized spacial score (nSPS) is 11.8. The van der Waals surface area contributed by atoms with Crippen molar-refractivity contribution in [1.82, 2.24) is 3.97 Å². The Morgan fingerprint density at radius 2 is 1.81 bits per heavy atom. The fourth-order valence-electron chi connectivity index (χ4n) is 1.68. The number of nitrogens with zero attached hydrogens (tertiary/aromatic N) is 2. The van der Waals surface area contributed by atoms with E-state index in [2.05, 4.69) is 4.72 Å². The molecule has 1 aromatic carbocycles. The molecule has 0 fully saturated rings. The Labute approximate surface area is 145 Å². The van der Waals surface area contributed by atoms with Crippen LogP contribution in [0.3, 0.4) is 0 Å². The van der Waals surface area contributed by atoms with Crippen LogP contribution in [-0.4, -0.2) is 24.1 Å². The van der Waals surface area contributed by atoms with Gasteiger partial charge in [0.25, 0.3) is 0 Å². The number of aromatic nitrogens is 1. The Hall–Kier alpha value is -1.02. The molecule has 0 spiro atoms. The van der Waals surface area contributed by atoms with Crippen molar-refractivity contribution < 1.29 is 47.5 Å². The third kappa shape index (κ3) is 4.47. The van der Waals surface area contributed by atoms with E-state index in [1.165, 1.54) is 6.20 Å². The summed E-state index contributed by atoms with van der Waals surface area (Å²) in [5, 5.41) is 0.746. The molecule has 0 aliphatic rings. The van der Waals surface area contributed by atoms with E-state index in [4.69, 9.17) is 4.74 Å². The summed E-state index contributed by atoms with van der Waals surface area (Å²) in [5.41, 5.74) is -0.339. The van der Waals surface area contributed by atoms with Gasteiger partial charge in [-0.3, -0.25) is 8.77 Å². The maximum Gasteiger partial charge on any atom is 1.00 e. The summed E-state index contributed by atoms with van der Waals surface area (Å²) in [5.74, 6) is 0. The number of carbonyl (C=O) groups is 1. The Bertz CT molecular complexity index is 747. The molecule has 2 aromatic rings. The van der Waals surface area contributed by atoms with Gasteiger partial charge in [0, 0.05) is 11.6 Å². The number of benzene rings is 1. The summed E-state index contributed by atoms with van der Waals surface area (Å²) >= 11 is 0. The monoisotopic (exact) mass is 318 g/mol. The van der Waals surface area contributed by atoms with Crippen LogP contribution in [0.5, 0.6) is 0 Å². The average Bonchev–Trinajstić information content (AvgIpc) is 2.69. The fourth-order valence-corrected chi connectivity index (χ4v) is 2.62. The van der Waals surface area contributed by atoms with E-state index in [9.17, 15) is 13.2 Å². The molecule has 6 nitrogen and oxygen atoms in total. The van der Waals surface area contributed by atoms with Crippen LogP contribution in [0.25, 0.3) is 15.6 Å². The fraction of sp³-hybridized carbons (Fsp3) is 0.308. The molecule has 1 amide bonds. The summed E-state index contributed by atoms with van der Waals surface area (Å²) in [6.07, 6.45) is 0.226. The molecule has 1 aromatic heterocycles. The Kier molecular flexibility index (Phi) is 5.49. The van der Waals surface area contributed by atoms with E-state index in [0.29, 0.717) is 5.52 Å². The van der Waals surface area contributed by atoms with Gasteiger partial charge in [-0.05, 0) is 32.9 Å². The molecule has 108 valence electrons. The maximum atomic E-state index is 12.1. The number of rotatable bonds is 2. The van der Waals surface area contributed by atoms with E-state index >= 15 is 0 Å². The summed E-state index contributed by atoms with van der Waals surface area (Å²) < 4.78 is 33.2. The van der Waals surface area contributed by atoms with Crippen molar-refractivity contribution in [2.24, 2.45) is 0 Å². The van der Waals surface area contributed by atoms with Crippen LogP contribution in [-0.2, 0) is 14.9 Å². The molecule has 0 saturated carbocycles. The van der Waals surface area contributed by atoms with E-state index in [1.807, 2.05) is 0 Å². The number of hydrogen-bond acceptors (Lipinski definition) is 4. The van der Waals surface area contributed by atoms with Crippen molar-refractivity contribution in [3.63, 3.8) is 0 Å². The molecular weight excluding hydrogens is 303 g/mol. The standard InChI is InChI=1S/C13H16N2O4S.Na/c1-13(2,3)19-12(16)14-20(17,18)15-9-8-10-6-4-5-7-11(10)15;/h4-9H,1-3H3,(H,14,16);/q;+1/p-1. The zero-order chi connectivity index (χ0) is 15.0. The summed E-state index contributed by atoms with van der Waals surface area (Å²) in [6, 6.07) is 8.55. The zero-order valence-electron chi connectivity index (χ0n) is 12.4. The molecule has 0 bridgehead atoms. The number of fused-ring (bicyclic) bond motifs is 1. The van der Waals surface area contributed by atoms with Gasteiger partial charge in [0.15, 0.2) is 10.2 Å². The van der Waals surface area contributed by atoms with Crippen LogP contribution in [0.15, 0.2) is 36.5 Å². The molecule has 0 saturated heterocycles. The van der Waals surface area contributed by atoms with Crippen LogP contribution < -0.4 is 29.6 Å². The van der Waals surface area contributed by atoms with Gasteiger partial charge in [-0.2, -0.15) is 0 Å². The van der Waals surface area contributed by atoms with Crippen molar-refractivity contribution in [1.29, 1.82) is 0 Å². The largest absolute Gasteiger partial charge is 1.00 e. The van der Waals surface area contributed by atoms with Crippen LogP contribution >= 0.6 is 0 Å². The molecule has 1 heterocycles. The molecule has 2 rings (SSSR count). The predicted molar refractivity (Wildman–Crippen MR) is 75.8 cm³/mol. The molecule has 0 radical (unpaired) electrons. The number of hydrogen-bond donors (Lipinski definition) is 0. The second-order valence-corrected chi connectivity index (χ2v) is 6.69. The van der Waals surface area contributed by atoms with Crippen molar-refractivity contribution in [2.45, 2.75) is 26.4 Å². The maximum absolute atomic E-state index is 12.1. The van der Waals surface area contributed by atoms with Gasteiger partial charge < -0.3 is 9.46 Å². The van der Waals surface area contributed by atoms with Crippen molar-refractivity contribution in [3.8, 4) is 0 Å². The molecule has 0 atom stereocenters. The molecule has 21 heavy (non-hydrogen) atoms. The minimum Gasteiger partial charge on any atom is -0.492 e. The van der Waals surface area contributed by atoms with E-state index in [-0.39, 0.29) is 29.6 Å². The number of para-hydroxylation sites is 1. The first-order chi connectivity index (χ1) is 9.19. The summed E-state index contributed by atoms with van der Waals surface area (Å²) in [6.45, 7) is 4.91. The first kappa shape index (κ1) is 18.0. The third-order valence-corrected chi connectivity index (χ3v) is 3.59. The Morgan fingerprint density at radius 1 is 1.19 bits per heavy atom. The molecule has 0 N–H and O–H groups in total. The molecule has 0 aliphatic carbocycles. The second kappa shape index (κ2) is 6.39. The SMILES string of the molecule is CC(C)(C)OC(=O)[N-]S(=O)(=O)n1ccc2ccccc21.[Na+]. The van der Waals surface area contributed by atoms with Crippen LogP contribution in [0.4, 0.5) is 4.79 Å². The van der Waals surface area contributed by atoms with Crippen molar-refractivity contribution in [2.75, 3.05) is 0 Å². The summed E-state index contributed by atoms with van der Waals surface area (Å²) in [7, 11) is -4.15. The van der Waals surface area contributed by atoms with E-state index < -0.39 is 21.9 Å². The van der Waals surface area contributed by atoms with Gasteiger partial charge in [0.1, 0.15) is 5.60 Å². The molecular formula is C13H15N2NaO4S.